The Morgan fingerprint density at radius 3 is 2.56 bits per heavy atom. The number of aromatic hydroxyl groups is 1. The molecule has 2 bridgehead atoms. The number of nitrogens with one attached hydrogen (secondary N) is 2. The lowest BCUT2D eigenvalue weighted by molar-refractivity contribution is 0.464. The summed E-state index contributed by atoms with van der Waals surface area (Å²) in [6, 6.07) is 5.85. The molecular formula is C28H25F2N5O3S. The molecule has 200 valence electrons. The van der Waals surface area contributed by atoms with E-state index in [2.05, 4.69) is 25.9 Å². The monoisotopic (exact) mass is 549 g/mol. The van der Waals surface area contributed by atoms with Crippen LogP contribution in [0.25, 0.3) is 32.8 Å². The van der Waals surface area contributed by atoms with E-state index in [4.69, 9.17) is 6.42 Å². The second-order valence-electron chi connectivity index (χ2n) is 10.2. The van der Waals surface area contributed by atoms with Gasteiger partial charge in [0.15, 0.2) is 5.82 Å². The van der Waals surface area contributed by atoms with Crippen LogP contribution in [0.3, 0.4) is 0 Å². The van der Waals surface area contributed by atoms with Crippen molar-refractivity contribution >= 4 is 43.2 Å². The van der Waals surface area contributed by atoms with Crippen molar-refractivity contribution in [3.05, 3.63) is 53.2 Å². The Kier molecular flexibility index (Phi) is 5.86. The summed E-state index contributed by atoms with van der Waals surface area (Å²) in [5, 5.41) is 15.1. The van der Waals surface area contributed by atoms with Gasteiger partial charge in [0.05, 0.1) is 11.8 Å². The van der Waals surface area contributed by atoms with Crippen LogP contribution in [-0.2, 0) is 10.0 Å². The maximum absolute atomic E-state index is 16.6. The first-order valence-electron chi connectivity index (χ1n) is 12.4. The first kappa shape index (κ1) is 25.3. The molecule has 2 aromatic carbocycles. The number of terminal acetylenes is 1. The standard InChI is InChI=1S/C28H25F2N5O3S/c1-4-19-22(29)8-5-15-9-18(36)10-20(24(15)19)26-25(30)23-14(2)27(34-39(3,37)38)33-28(21(23)11-31-26)35-12-16-6-7-17(13-35)32-16/h1,5,8-11,16-17,32,36H,6-7,12-13H2,2-3H3,(H,33,34). The van der Waals surface area contributed by atoms with Crippen LogP contribution in [0.4, 0.5) is 20.4 Å². The summed E-state index contributed by atoms with van der Waals surface area (Å²) in [4.78, 5) is 11.1. The number of hydrogen-bond donors (Lipinski definition) is 3. The summed E-state index contributed by atoms with van der Waals surface area (Å²) in [6.07, 6.45) is 10.1. The number of phenolic OH excluding ortho intramolecular Hbond substituents is 1. The van der Waals surface area contributed by atoms with Crippen LogP contribution in [0.1, 0.15) is 24.0 Å². The molecule has 2 fully saturated rings. The number of pyridine rings is 2. The van der Waals surface area contributed by atoms with Crippen molar-refractivity contribution in [2.24, 2.45) is 0 Å². The van der Waals surface area contributed by atoms with Crippen LogP contribution < -0.4 is 14.9 Å². The Morgan fingerprint density at radius 2 is 1.90 bits per heavy atom. The van der Waals surface area contributed by atoms with Gasteiger partial charge in [-0.25, -0.2) is 22.2 Å². The zero-order valence-electron chi connectivity index (χ0n) is 21.2. The van der Waals surface area contributed by atoms with Gasteiger partial charge in [-0.15, -0.1) is 6.42 Å². The quantitative estimate of drug-likeness (QED) is 0.330. The van der Waals surface area contributed by atoms with E-state index < -0.39 is 21.7 Å². The van der Waals surface area contributed by atoms with E-state index in [9.17, 15) is 17.9 Å². The Hall–Kier alpha value is -4.01. The summed E-state index contributed by atoms with van der Waals surface area (Å²) in [5.41, 5.74) is 0.154. The lowest BCUT2D eigenvalue weighted by Crippen LogP contribution is -2.51. The minimum Gasteiger partial charge on any atom is -0.508 e. The molecule has 0 spiro atoms. The average molecular weight is 550 g/mol. The maximum atomic E-state index is 16.6. The summed E-state index contributed by atoms with van der Waals surface area (Å²) in [7, 11) is -3.73. The van der Waals surface area contributed by atoms with E-state index in [1.807, 2.05) is 4.90 Å². The van der Waals surface area contributed by atoms with Gasteiger partial charge in [-0.3, -0.25) is 9.71 Å². The number of phenols is 1. The summed E-state index contributed by atoms with van der Waals surface area (Å²) in [6.45, 7) is 2.84. The predicted octanol–water partition coefficient (Wildman–Crippen LogP) is 4.04. The van der Waals surface area contributed by atoms with Gasteiger partial charge in [0, 0.05) is 58.7 Å². The molecule has 4 aromatic rings. The molecule has 0 saturated carbocycles. The molecule has 8 nitrogen and oxygen atoms in total. The number of benzene rings is 2. The van der Waals surface area contributed by atoms with Crippen molar-refractivity contribution in [2.45, 2.75) is 31.8 Å². The minimum absolute atomic E-state index is 0.0121. The molecule has 2 atom stereocenters. The number of fused-ring (bicyclic) bond motifs is 4. The third kappa shape index (κ3) is 4.30. The largest absolute Gasteiger partial charge is 0.508 e. The van der Waals surface area contributed by atoms with Crippen LogP contribution in [-0.4, -0.2) is 54.9 Å². The number of aromatic nitrogens is 2. The molecule has 2 aliphatic rings. The van der Waals surface area contributed by atoms with Gasteiger partial charge in [0.2, 0.25) is 10.0 Å². The molecule has 2 aliphatic heterocycles. The van der Waals surface area contributed by atoms with E-state index in [0.717, 1.165) is 19.1 Å². The molecule has 3 N–H and O–H groups in total. The van der Waals surface area contributed by atoms with Gasteiger partial charge < -0.3 is 15.3 Å². The van der Waals surface area contributed by atoms with Gasteiger partial charge in [-0.05, 0) is 43.4 Å². The number of rotatable bonds is 4. The van der Waals surface area contributed by atoms with Crippen molar-refractivity contribution in [3.63, 3.8) is 0 Å². The molecule has 2 unspecified atom stereocenters. The molecule has 6 rings (SSSR count). The Morgan fingerprint density at radius 1 is 1.18 bits per heavy atom. The fraction of sp³-hybridized carbons (Fsp3) is 0.286. The lowest BCUT2D eigenvalue weighted by atomic mass is 9.95. The molecule has 2 saturated heterocycles. The zero-order chi connectivity index (χ0) is 27.6. The van der Waals surface area contributed by atoms with Gasteiger partial charge in [0.25, 0.3) is 0 Å². The van der Waals surface area contributed by atoms with E-state index in [0.29, 0.717) is 29.7 Å². The van der Waals surface area contributed by atoms with Gasteiger partial charge >= 0.3 is 0 Å². The lowest BCUT2D eigenvalue weighted by Gasteiger charge is -2.34. The van der Waals surface area contributed by atoms with Crippen LogP contribution in [0.2, 0.25) is 0 Å². The normalized spacial score (nSPS) is 19.0. The Bertz CT molecular complexity index is 1830. The number of anilines is 2. The van der Waals surface area contributed by atoms with Crippen LogP contribution in [0.15, 0.2) is 30.5 Å². The molecule has 0 aliphatic carbocycles. The van der Waals surface area contributed by atoms with E-state index in [1.165, 1.54) is 30.5 Å². The number of hydrogen-bond acceptors (Lipinski definition) is 7. The number of nitrogens with zero attached hydrogens (tertiary/aromatic N) is 3. The third-order valence-corrected chi connectivity index (χ3v) is 8.02. The van der Waals surface area contributed by atoms with Crippen molar-refractivity contribution < 1.29 is 22.3 Å². The number of aryl methyl sites for hydroxylation is 1. The fourth-order valence-corrected chi connectivity index (χ4v) is 6.37. The topological polar surface area (TPSA) is 107 Å². The van der Waals surface area contributed by atoms with Gasteiger partial charge in [-0.2, -0.15) is 0 Å². The summed E-state index contributed by atoms with van der Waals surface area (Å²) < 4.78 is 58.1. The average Bonchev–Trinajstić information content (AvgIpc) is 3.22. The summed E-state index contributed by atoms with van der Waals surface area (Å²) >= 11 is 0. The molecular weight excluding hydrogens is 524 g/mol. The second-order valence-corrected chi connectivity index (χ2v) is 11.9. The number of sulfonamides is 1. The third-order valence-electron chi connectivity index (χ3n) is 7.46. The highest BCUT2D eigenvalue weighted by Crippen LogP contribution is 2.41. The van der Waals surface area contributed by atoms with E-state index in [1.54, 1.807) is 6.92 Å². The van der Waals surface area contributed by atoms with Crippen LogP contribution in [0, 0.1) is 30.9 Å². The molecule has 11 heteroatoms. The predicted molar refractivity (Wildman–Crippen MR) is 147 cm³/mol. The Labute approximate surface area is 224 Å². The first-order valence-corrected chi connectivity index (χ1v) is 14.3. The number of piperazine rings is 1. The highest BCUT2D eigenvalue weighted by molar-refractivity contribution is 7.92. The molecule has 2 aromatic heterocycles. The highest BCUT2D eigenvalue weighted by atomic mass is 32.2. The van der Waals surface area contributed by atoms with Gasteiger partial charge in [0.1, 0.15) is 28.9 Å². The van der Waals surface area contributed by atoms with Crippen molar-refractivity contribution in [3.8, 4) is 29.4 Å². The van der Waals surface area contributed by atoms with Gasteiger partial charge in [-0.1, -0.05) is 12.0 Å². The van der Waals surface area contributed by atoms with Crippen molar-refractivity contribution in [1.82, 2.24) is 15.3 Å². The maximum Gasteiger partial charge on any atom is 0.230 e. The van der Waals surface area contributed by atoms with E-state index in [-0.39, 0.29) is 56.8 Å². The van der Waals surface area contributed by atoms with Crippen LogP contribution in [0.5, 0.6) is 5.75 Å². The van der Waals surface area contributed by atoms with Crippen molar-refractivity contribution in [1.29, 1.82) is 0 Å². The highest BCUT2D eigenvalue weighted by Gasteiger charge is 2.34. The number of halogens is 2. The van der Waals surface area contributed by atoms with Crippen molar-refractivity contribution in [2.75, 3.05) is 29.0 Å². The zero-order valence-corrected chi connectivity index (χ0v) is 22.0. The fourth-order valence-electron chi connectivity index (χ4n) is 5.82. The minimum atomic E-state index is -3.73. The SMILES string of the molecule is C#Cc1c(F)ccc2cc(O)cc(-c3ncc4c(N5CC6CCC(C5)N6)nc(NS(C)(=O)=O)c(C)c4c3F)c12. The molecule has 39 heavy (non-hydrogen) atoms. The summed E-state index contributed by atoms with van der Waals surface area (Å²) in [5.74, 6) is 1.18. The van der Waals surface area contributed by atoms with Crippen LogP contribution >= 0.6 is 0 Å². The first-order chi connectivity index (χ1) is 18.5. The molecule has 0 amide bonds. The van der Waals surface area contributed by atoms with E-state index >= 15 is 4.39 Å². The molecule has 4 heterocycles. The Balaban J connectivity index is 1.65. The molecule has 0 radical (unpaired) electrons. The second kappa shape index (κ2) is 9.03. The smallest absolute Gasteiger partial charge is 0.230 e.